The van der Waals surface area contributed by atoms with Gasteiger partial charge in [-0.25, -0.2) is 4.79 Å². The Balaban J connectivity index is 2.44. The van der Waals surface area contributed by atoms with E-state index in [1.54, 1.807) is 6.08 Å². The second-order valence-electron chi connectivity index (χ2n) is 5.42. The van der Waals surface area contributed by atoms with Crippen LogP contribution >= 0.6 is 0 Å². The molecule has 0 aliphatic carbocycles. The van der Waals surface area contributed by atoms with Gasteiger partial charge in [0, 0.05) is 6.08 Å². The summed E-state index contributed by atoms with van der Waals surface area (Å²) < 4.78 is 5.71. The van der Waals surface area contributed by atoms with Crippen molar-refractivity contribution >= 4 is 12.0 Å². The maximum atomic E-state index is 10.4. The standard InChI is InChI=1S/C20H26O3/c1-3-4-5-6-16-23-19-14-12-18(13-15-19)11-10-17(2)8-7-9-20(21)22/h7-15H,3-6,16H2,1-2H3,(H,21,22). The van der Waals surface area contributed by atoms with Gasteiger partial charge >= 0.3 is 5.97 Å². The zero-order valence-electron chi connectivity index (χ0n) is 14.0. The smallest absolute Gasteiger partial charge is 0.328 e. The van der Waals surface area contributed by atoms with Crippen molar-refractivity contribution in [2.45, 2.75) is 39.5 Å². The van der Waals surface area contributed by atoms with Crippen molar-refractivity contribution in [3.8, 4) is 5.75 Å². The number of carbonyl (C=O) groups is 1. The molecule has 3 nitrogen and oxygen atoms in total. The van der Waals surface area contributed by atoms with Gasteiger partial charge in [0.05, 0.1) is 6.61 Å². The molecule has 0 atom stereocenters. The molecule has 0 aliphatic rings. The van der Waals surface area contributed by atoms with Crippen LogP contribution in [0, 0.1) is 0 Å². The summed E-state index contributed by atoms with van der Waals surface area (Å²) in [6, 6.07) is 7.97. The van der Waals surface area contributed by atoms with Gasteiger partial charge < -0.3 is 9.84 Å². The highest BCUT2D eigenvalue weighted by Crippen LogP contribution is 2.14. The van der Waals surface area contributed by atoms with Crippen LogP contribution in [0.3, 0.4) is 0 Å². The average Bonchev–Trinajstić information content (AvgIpc) is 2.53. The summed E-state index contributed by atoms with van der Waals surface area (Å²) in [6.07, 6.45) is 13.2. The first-order chi connectivity index (χ1) is 11.1. The topological polar surface area (TPSA) is 46.5 Å². The van der Waals surface area contributed by atoms with Crippen LogP contribution in [0.15, 0.2) is 54.1 Å². The lowest BCUT2D eigenvalue weighted by Crippen LogP contribution is -1.96. The summed E-state index contributed by atoms with van der Waals surface area (Å²) in [4.78, 5) is 10.4. The fraction of sp³-hybridized carbons (Fsp3) is 0.350. The molecule has 1 aromatic rings. The molecule has 0 saturated carbocycles. The normalized spacial score (nSPS) is 12.2. The minimum atomic E-state index is -0.941. The largest absolute Gasteiger partial charge is 0.494 e. The predicted octanol–water partition coefficient (Wildman–Crippen LogP) is 5.25. The zero-order valence-corrected chi connectivity index (χ0v) is 14.0. The molecule has 0 radical (unpaired) electrons. The quantitative estimate of drug-likeness (QED) is 0.365. The zero-order chi connectivity index (χ0) is 16.9. The van der Waals surface area contributed by atoms with Crippen LogP contribution in [-0.2, 0) is 4.79 Å². The number of aliphatic carboxylic acids is 1. The van der Waals surface area contributed by atoms with Crippen molar-refractivity contribution in [3.63, 3.8) is 0 Å². The van der Waals surface area contributed by atoms with Crippen LogP contribution in [0.2, 0.25) is 0 Å². The summed E-state index contributed by atoms with van der Waals surface area (Å²) in [7, 11) is 0. The molecule has 0 saturated heterocycles. The van der Waals surface area contributed by atoms with Crippen LogP contribution in [-0.4, -0.2) is 17.7 Å². The summed E-state index contributed by atoms with van der Waals surface area (Å²) >= 11 is 0. The molecule has 1 aromatic carbocycles. The van der Waals surface area contributed by atoms with Gasteiger partial charge in [0.1, 0.15) is 5.75 Å². The fourth-order valence-electron chi connectivity index (χ4n) is 1.96. The monoisotopic (exact) mass is 314 g/mol. The lowest BCUT2D eigenvalue weighted by Gasteiger charge is -2.06. The van der Waals surface area contributed by atoms with E-state index in [0.29, 0.717) is 0 Å². The first kappa shape index (κ1) is 18.8. The first-order valence-electron chi connectivity index (χ1n) is 8.10. The van der Waals surface area contributed by atoms with Gasteiger partial charge in [-0.2, -0.15) is 0 Å². The molecule has 0 fully saturated rings. The Kier molecular flexibility index (Phi) is 9.22. The number of carboxylic acid groups (broad SMARTS) is 1. The van der Waals surface area contributed by atoms with Crippen molar-refractivity contribution in [2.75, 3.05) is 6.61 Å². The molecule has 124 valence electrons. The van der Waals surface area contributed by atoms with Gasteiger partial charge in [-0.1, -0.05) is 68.2 Å². The van der Waals surface area contributed by atoms with E-state index in [1.165, 1.54) is 25.3 Å². The Bertz CT molecular complexity index is 551. The molecule has 0 spiro atoms. The second kappa shape index (κ2) is 11.3. The van der Waals surface area contributed by atoms with Crippen molar-refractivity contribution < 1.29 is 14.6 Å². The molecular formula is C20H26O3. The van der Waals surface area contributed by atoms with Crippen LogP contribution < -0.4 is 4.74 Å². The van der Waals surface area contributed by atoms with E-state index in [4.69, 9.17) is 9.84 Å². The molecule has 0 aliphatic heterocycles. The Morgan fingerprint density at radius 2 is 1.87 bits per heavy atom. The predicted molar refractivity (Wildman–Crippen MR) is 95.6 cm³/mol. The molecule has 0 unspecified atom stereocenters. The van der Waals surface area contributed by atoms with Gasteiger partial charge in [0.25, 0.3) is 0 Å². The second-order valence-corrected chi connectivity index (χ2v) is 5.42. The third-order valence-electron chi connectivity index (χ3n) is 3.28. The van der Waals surface area contributed by atoms with E-state index in [0.717, 1.165) is 36.0 Å². The fourth-order valence-corrected chi connectivity index (χ4v) is 1.96. The van der Waals surface area contributed by atoms with Gasteiger partial charge in [-0.05, 0) is 31.0 Å². The van der Waals surface area contributed by atoms with Crippen LogP contribution in [0.5, 0.6) is 5.75 Å². The van der Waals surface area contributed by atoms with Crippen LogP contribution in [0.25, 0.3) is 6.08 Å². The Morgan fingerprint density at radius 3 is 2.52 bits per heavy atom. The van der Waals surface area contributed by atoms with Crippen molar-refractivity contribution in [1.82, 2.24) is 0 Å². The number of allylic oxidation sites excluding steroid dienone is 4. The molecule has 1 N–H and O–H groups in total. The van der Waals surface area contributed by atoms with E-state index in [-0.39, 0.29) is 0 Å². The summed E-state index contributed by atoms with van der Waals surface area (Å²) in [5.74, 6) is -0.0429. The number of ether oxygens (including phenoxy) is 1. The highest BCUT2D eigenvalue weighted by Gasteiger charge is 1.94. The summed E-state index contributed by atoms with van der Waals surface area (Å²) in [5, 5.41) is 8.52. The van der Waals surface area contributed by atoms with E-state index >= 15 is 0 Å². The summed E-state index contributed by atoms with van der Waals surface area (Å²) in [6.45, 7) is 4.90. The van der Waals surface area contributed by atoms with E-state index in [2.05, 4.69) is 6.92 Å². The Labute approximate surface area is 139 Å². The van der Waals surface area contributed by atoms with Crippen LogP contribution in [0.1, 0.15) is 45.1 Å². The van der Waals surface area contributed by atoms with Crippen molar-refractivity contribution in [1.29, 1.82) is 0 Å². The molecule has 1 rings (SSSR count). The average molecular weight is 314 g/mol. The number of carboxylic acids is 1. The van der Waals surface area contributed by atoms with Gasteiger partial charge in [-0.3, -0.25) is 0 Å². The lowest BCUT2D eigenvalue weighted by molar-refractivity contribution is -0.131. The molecule has 0 aromatic heterocycles. The van der Waals surface area contributed by atoms with Gasteiger partial charge in [0.15, 0.2) is 0 Å². The number of hydrogen-bond acceptors (Lipinski definition) is 2. The van der Waals surface area contributed by atoms with Gasteiger partial charge in [-0.15, -0.1) is 0 Å². The van der Waals surface area contributed by atoms with Gasteiger partial charge in [0.2, 0.25) is 0 Å². The Hall–Kier alpha value is -2.29. The van der Waals surface area contributed by atoms with Crippen LogP contribution in [0.4, 0.5) is 0 Å². The third-order valence-corrected chi connectivity index (χ3v) is 3.28. The third kappa shape index (κ3) is 9.35. The first-order valence-corrected chi connectivity index (χ1v) is 8.10. The number of rotatable bonds is 10. The number of benzene rings is 1. The minimum absolute atomic E-state index is 0.771. The van der Waals surface area contributed by atoms with Crippen molar-refractivity contribution in [3.05, 3.63) is 59.7 Å². The number of hydrogen-bond donors (Lipinski definition) is 1. The maximum absolute atomic E-state index is 10.4. The SMILES string of the molecule is CCCCCCOc1ccc(C=CC(C)=CC=CC(=O)O)cc1. The highest BCUT2D eigenvalue weighted by molar-refractivity contribution is 5.80. The van der Waals surface area contributed by atoms with E-state index in [9.17, 15) is 4.79 Å². The maximum Gasteiger partial charge on any atom is 0.328 e. The minimum Gasteiger partial charge on any atom is -0.494 e. The number of unbranched alkanes of at least 4 members (excludes halogenated alkanes) is 3. The van der Waals surface area contributed by atoms with E-state index in [1.807, 2.05) is 43.3 Å². The molecule has 3 heteroatoms. The molecule has 23 heavy (non-hydrogen) atoms. The molecular weight excluding hydrogens is 288 g/mol. The molecule has 0 amide bonds. The van der Waals surface area contributed by atoms with Crippen molar-refractivity contribution in [2.24, 2.45) is 0 Å². The Morgan fingerprint density at radius 1 is 1.13 bits per heavy atom. The highest BCUT2D eigenvalue weighted by atomic mass is 16.5. The molecule has 0 heterocycles. The lowest BCUT2D eigenvalue weighted by atomic mass is 10.1. The van der Waals surface area contributed by atoms with E-state index < -0.39 is 5.97 Å². The molecule has 0 bridgehead atoms. The summed E-state index contributed by atoms with van der Waals surface area (Å²) in [5.41, 5.74) is 2.07.